The van der Waals surface area contributed by atoms with Gasteiger partial charge in [-0.2, -0.15) is 15.2 Å². The van der Waals surface area contributed by atoms with Crippen LogP contribution in [0, 0.1) is 23.0 Å². The summed E-state index contributed by atoms with van der Waals surface area (Å²) in [5.41, 5.74) is 6.48. The van der Waals surface area contributed by atoms with Gasteiger partial charge in [0.1, 0.15) is 41.0 Å². The molecule has 234 valence electrons. The summed E-state index contributed by atoms with van der Waals surface area (Å²) >= 11 is 0.935. The fourth-order valence-electron chi connectivity index (χ4n) is 6.60. The molecule has 4 heterocycles. The number of nitrogens with two attached hydrogens (primary N) is 1. The Labute approximate surface area is 262 Å². The number of nitrogen functional groups attached to an aromatic ring is 1. The van der Waals surface area contributed by atoms with Crippen LogP contribution in [0.2, 0.25) is 0 Å². The number of halogens is 3. The molecule has 2 fully saturated rings. The lowest BCUT2D eigenvalue weighted by atomic mass is 9.97. The lowest BCUT2D eigenvalue weighted by Crippen LogP contribution is -2.43. The van der Waals surface area contributed by atoms with Gasteiger partial charge in [0.2, 0.25) is 5.91 Å². The van der Waals surface area contributed by atoms with Crippen molar-refractivity contribution in [3.8, 4) is 23.2 Å². The van der Waals surface area contributed by atoms with E-state index in [2.05, 4.69) is 11.6 Å². The normalized spacial score (nSPS) is 21.8. The molecule has 0 aliphatic carbocycles. The monoisotopic (exact) mass is 635 g/mol. The number of anilines is 2. The van der Waals surface area contributed by atoms with E-state index >= 15 is 4.39 Å². The molecular weight excluding hydrogens is 603 g/mol. The third-order valence-corrected chi connectivity index (χ3v) is 10.1. The molecule has 2 aliphatic rings. The first-order valence-electron chi connectivity index (χ1n) is 14.6. The fourth-order valence-corrected chi connectivity index (χ4v) is 7.55. The smallest absolute Gasteiger partial charge is 0.319 e. The van der Waals surface area contributed by atoms with E-state index in [0.29, 0.717) is 42.7 Å². The maximum Gasteiger partial charge on any atom is 0.319 e. The van der Waals surface area contributed by atoms with Gasteiger partial charge in [-0.1, -0.05) is 18.7 Å². The quantitative estimate of drug-likeness (QED) is 0.273. The molecule has 0 unspecified atom stereocenters. The van der Waals surface area contributed by atoms with Crippen molar-refractivity contribution in [1.29, 1.82) is 5.26 Å². The highest BCUT2D eigenvalue weighted by Gasteiger charge is 2.37. The molecule has 6 rings (SSSR count). The van der Waals surface area contributed by atoms with Gasteiger partial charge in [0.05, 0.1) is 16.3 Å². The largest absolute Gasteiger partial charge is 0.462 e. The van der Waals surface area contributed by atoms with E-state index in [9.17, 15) is 18.8 Å². The Kier molecular flexibility index (Phi) is 8.05. The molecule has 45 heavy (non-hydrogen) atoms. The Morgan fingerprint density at radius 3 is 2.73 bits per heavy atom. The average molecular weight is 636 g/mol. The minimum absolute atomic E-state index is 0.0358. The van der Waals surface area contributed by atoms with Crippen LogP contribution < -0.4 is 15.4 Å². The summed E-state index contributed by atoms with van der Waals surface area (Å²) in [7, 11) is 3.64. The Hall–Kier alpha value is -4.41. The van der Waals surface area contributed by atoms with Crippen LogP contribution in [0.4, 0.5) is 24.0 Å². The molecule has 0 saturated carbocycles. The van der Waals surface area contributed by atoms with Crippen LogP contribution in [-0.4, -0.2) is 83.8 Å². The van der Waals surface area contributed by atoms with E-state index in [1.54, 1.807) is 17.0 Å². The number of aromatic nitrogens is 2. The second-order valence-electron chi connectivity index (χ2n) is 11.6. The molecule has 13 heteroatoms. The number of carbonyl (C=O) groups excluding carboxylic acids is 1. The van der Waals surface area contributed by atoms with Crippen molar-refractivity contribution in [2.75, 3.05) is 44.4 Å². The van der Waals surface area contributed by atoms with Crippen molar-refractivity contribution in [3.63, 3.8) is 0 Å². The molecule has 0 spiro atoms. The van der Waals surface area contributed by atoms with E-state index in [1.165, 1.54) is 18.2 Å². The average Bonchev–Trinajstić information content (AvgIpc) is 3.68. The number of alkyl halides is 1. The third-order valence-electron chi connectivity index (χ3n) is 9.03. The SMILES string of the molecule is C=CC(=O)N1CC[C@H](N(C)c2nc(OC[C@@H]3C[C@@H](F)CN3C)nc3c(F)c(-c4ccc(F)c5sc(N)c(C#N)c45)ccc23)[C@@H]1C. The zero-order valence-corrected chi connectivity index (χ0v) is 25.9. The highest BCUT2D eigenvalue weighted by Crippen LogP contribution is 2.43. The van der Waals surface area contributed by atoms with Crippen LogP contribution in [0.1, 0.15) is 25.3 Å². The summed E-state index contributed by atoms with van der Waals surface area (Å²) in [5.74, 6) is -1.04. The number of nitrogens with zero attached hydrogens (tertiary/aromatic N) is 6. The van der Waals surface area contributed by atoms with E-state index < -0.39 is 17.8 Å². The molecule has 2 aliphatic heterocycles. The topological polar surface area (TPSA) is 112 Å². The van der Waals surface area contributed by atoms with Gasteiger partial charge in [-0.05, 0) is 50.6 Å². The number of fused-ring (bicyclic) bond motifs is 2. The molecule has 2 aromatic heterocycles. The Morgan fingerprint density at radius 2 is 2.04 bits per heavy atom. The number of nitriles is 1. The number of amides is 1. The Bertz CT molecular complexity index is 1880. The van der Waals surface area contributed by atoms with Gasteiger partial charge in [-0.15, -0.1) is 11.3 Å². The van der Waals surface area contributed by atoms with Gasteiger partial charge in [0, 0.05) is 48.6 Å². The summed E-state index contributed by atoms with van der Waals surface area (Å²) in [4.78, 5) is 27.1. The van der Waals surface area contributed by atoms with Gasteiger partial charge in [0.15, 0.2) is 5.82 Å². The maximum absolute atomic E-state index is 16.7. The number of rotatable bonds is 7. The zero-order valence-electron chi connectivity index (χ0n) is 25.1. The number of hydrogen-bond acceptors (Lipinski definition) is 9. The summed E-state index contributed by atoms with van der Waals surface area (Å²) in [6, 6.07) is 7.29. The van der Waals surface area contributed by atoms with Crippen molar-refractivity contribution < 1.29 is 22.7 Å². The van der Waals surface area contributed by atoms with E-state index in [1.807, 2.05) is 36.9 Å². The second-order valence-corrected chi connectivity index (χ2v) is 12.6. The van der Waals surface area contributed by atoms with Crippen molar-refractivity contribution >= 4 is 49.1 Å². The van der Waals surface area contributed by atoms with Crippen LogP contribution in [0.5, 0.6) is 6.01 Å². The van der Waals surface area contributed by atoms with Crippen molar-refractivity contribution in [3.05, 3.63) is 54.1 Å². The first-order chi connectivity index (χ1) is 21.5. The molecule has 4 atom stereocenters. The summed E-state index contributed by atoms with van der Waals surface area (Å²) in [6.07, 6.45) is 1.27. The maximum atomic E-state index is 16.7. The Balaban J connectivity index is 1.48. The van der Waals surface area contributed by atoms with E-state index in [0.717, 1.165) is 11.3 Å². The summed E-state index contributed by atoms with van der Waals surface area (Å²) < 4.78 is 51.6. The number of ether oxygens (including phenoxy) is 1. The predicted octanol–water partition coefficient (Wildman–Crippen LogP) is 5.28. The standard InChI is InChI=1S/C32H32F3N7O2S/c1-5-25(43)42-11-10-24(16(42)2)41(4)31-21-7-6-20(19-8-9-23(34)29-26(19)22(13-36)30(37)45-29)27(35)28(21)38-32(39-31)44-15-18-12-17(33)14-40(18)3/h5-9,16-18,24H,1,10-12,14-15,37H2,2-4H3/t16-,17+,18-,24-/m0/s1. The number of hydrogen-bond donors (Lipinski definition) is 1. The fraction of sp³-hybridized carbons (Fsp3) is 0.375. The van der Waals surface area contributed by atoms with Crippen molar-refractivity contribution in [1.82, 2.24) is 19.8 Å². The van der Waals surface area contributed by atoms with Crippen molar-refractivity contribution in [2.24, 2.45) is 0 Å². The van der Waals surface area contributed by atoms with Crippen LogP contribution in [0.25, 0.3) is 32.1 Å². The van der Waals surface area contributed by atoms with Gasteiger partial charge in [0.25, 0.3) is 0 Å². The Morgan fingerprint density at radius 1 is 1.29 bits per heavy atom. The third kappa shape index (κ3) is 5.21. The van der Waals surface area contributed by atoms with E-state index in [-0.39, 0.29) is 68.4 Å². The number of thiophene rings is 1. The van der Waals surface area contributed by atoms with Gasteiger partial charge in [-0.3, -0.25) is 9.69 Å². The highest BCUT2D eigenvalue weighted by molar-refractivity contribution is 7.23. The second kappa shape index (κ2) is 11.8. The minimum Gasteiger partial charge on any atom is -0.462 e. The first-order valence-corrected chi connectivity index (χ1v) is 15.4. The number of carbonyl (C=O) groups is 1. The molecular formula is C32H32F3N7O2S. The molecule has 1 amide bonds. The molecule has 2 saturated heterocycles. The molecule has 4 aromatic rings. The zero-order chi connectivity index (χ0) is 32.2. The molecule has 0 bridgehead atoms. The molecule has 2 N–H and O–H groups in total. The van der Waals surface area contributed by atoms with Crippen LogP contribution >= 0.6 is 11.3 Å². The van der Waals surface area contributed by atoms with Crippen LogP contribution in [0.15, 0.2) is 36.9 Å². The number of likely N-dealkylation sites (N-methyl/N-ethyl adjacent to an activating group) is 2. The van der Waals surface area contributed by atoms with Gasteiger partial charge >= 0.3 is 6.01 Å². The highest BCUT2D eigenvalue weighted by atomic mass is 32.1. The molecule has 9 nitrogen and oxygen atoms in total. The van der Waals surface area contributed by atoms with E-state index in [4.69, 9.17) is 15.5 Å². The lowest BCUT2D eigenvalue weighted by Gasteiger charge is -2.32. The summed E-state index contributed by atoms with van der Waals surface area (Å²) in [5, 5.41) is 10.6. The van der Waals surface area contributed by atoms with Gasteiger partial charge < -0.3 is 20.3 Å². The first kappa shape index (κ1) is 30.6. The minimum atomic E-state index is -0.968. The number of benzene rings is 2. The number of likely N-dealkylation sites (tertiary alicyclic amines) is 2. The summed E-state index contributed by atoms with van der Waals surface area (Å²) in [6.45, 7) is 6.47. The van der Waals surface area contributed by atoms with Gasteiger partial charge in [-0.25, -0.2) is 13.2 Å². The van der Waals surface area contributed by atoms with Crippen molar-refractivity contribution in [2.45, 2.75) is 44.1 Å². The van der Waals surface area contributed by atoms with Crippen LogP contribution in [-0.2, 0) is 4.79 Å². The van der Waals surface area contributed by atoms with Crippen LogP contribution in [0.3, 0.4) is 0 Å². The molecule has 0 radical (unpaired) electrons. The predicted molar refractivity (Wildman–Crippen MR) is 169 cm³/mol. The molecule has 2 aromatic carbocycles. The lowest BCUT2D eigenvalue weighted by molar-refractivity contribution is -0.126.